The Morgan fingerprint density at radius 1 is 1.47 bits per heavy atom. The summed E-state index contributed by atoms with van der Waals surface area (Å²) in [7, 11) is 0. The molecular weight excluding hydrogens is 208 g/mol. The molecule has 0 saturated heterocycles. The van der Waals surface area contributed by atoms with Gasteiger partial charge in [0.1, 0.15) is 17.4 Å². The number of aromatic nitrogens is 1. The van der Waals surface area contributed by atoms with Gasteiger partial charge in [0.15, 0.2) is 0 Å². The van der Waals surface area contributed by atoms with Crippen LogP contribution in [0.5, 0.6) is 5.75 Å². The van der Waals surface area contributed by atoms with E-state index in [-0.39, 0.29) is 0 Å². The minimum Gasteiger partial charge on any atom is -0.486 e. The molecule has 2 N–H and O–H groups in total. The van der Waals surface area contributed by atoms with E-state index in [1.807, 2.05) is 30.5 Å². The van der Waals surface area contributed by atoms with Crippen LogP contribution in [0.4, 0.5) is 5.69 Å². The van der Waals surface area contributed by atoms with Gasteiger partial charge < -0.3 is 10.5 Å². The van der Waals surface area contributed by atoms with Gasteiger partial charge in [0, 0.05) is 22.8 Å². The third-order valence-electron chi connectivity index (χ3n) is 2.16. The number of anilines is 1. The molecule has 1 aromatic carbocycles. The fourth-order valence-corrected chi connectivity index (χ4v) is 1.78. The van der Waals surface area contributed by atoms with E-state index in [4.69, 9.17) is 10.5 Å². The smallest absolute Gasteiger partial charge is 0.140 e. The second kappa shape index (κ2) is 4.31. The van der Waals surface area contributed by atoms with E-state index in [0.717, 1.165) is 22.0 Å². The molecule has 4 heteroatoms. The van der Waals surface area contributed by atoms with E-state index in [0.29, 0.717) is 6.61 Å². The molecule has 1 heterocycles. The molecule has 3 nitrogen and oxygen atoms in total. The number of nitrogen functional groups attached to an aromatic ring is 1. The highest BCUT2D eigenvalue weighted by Gasteiger charge is 2.03. The van der Waals surface area contributed by atoms with Crippen molar-refractivity contribution in [1.29, 1.82) is 0 Å². The van der Waals surface area contributed by atoms with E-state index >= 15 is 0 Å². The van der Waals surface area contributed by atoms with Gasteiger partial charge in [0.05, 0.1) is 0 Å². The number of nitrogens with zero attached hydrogens (tertiary/aromatic N) is 1. The van der Waals surface area contributed by atoms with Gasteiger partial charge in [-0.1, -0.05) is 6.07 Å². The van der Waals surface area contributed by atoms with Crippen molar-refractivity contribution >= 4 is 17.0 Å². The summed E-state index contributed by atoms with van der Waals surface area (Å²) in [4.78, 5) is 4.15. The minimum absolute atomic E-state index is 0.502. The standard InChI is InChI=1S/C11H12N2OS/c1-8-9(12)3-2-4-10(8)14-7-11-13-5-6-15-11/h2-6H,7,12H2,1H3. The summed E-state index contributed by atoms with van der Waals surface area (Å²) in [6, 6.07) is 5.67. The summed E-state index contributed by atoms with van der Waals surface area (Å²) in [6.45, 7) is 2.45. The zero-order valence-corrected chi connectivity index (χ0v) is 9.25. The molecule has 0 aliphatic rings. The van der Waals surface area contributed by atoms with Crippen LogP contribution in [0.25, 0.3) is 0 Å². The van der Waals surface area contributed by atoms with E-state index in [1.165, 1.54) is 0 Å². The van der Waals surface area contributed by atoms with Crippen LogP contribution in [0.3, 0.4) is 0 Å². The van der Waals surface area contributed by atoms with Crippen molar-refractivity contribution in [1.82, 2.24) is 4.98 Å². The molecule has 0 spiro atoms. The highest BCUT2D eigenvalue weighted by molar-refractivity contribution is 7.09. The maximum Gasteiger partial charge on any atom is 0.140 e. The van der Waals surface area contributed by atoms with Gasteiger partial charge in [-0.15, -0.1) is 11.3 Å². The number of hydrogen-bond donors (Lipinski definition) is 1. The molecule has 0 unspecified atom stereocenters. The highest BCUT2D eigenvalue weighted by Crippen LogP contribution is 2.23. The molecular formula is C11H12N2OS. The van der Waals surface area contributed by atoms with Crippen molar-refractivity contribution in [2.24, 2.45) is 0 Å². The molecule has 0 radical (unpaired) electrons. The van der Waals surface area contributed by atoms with E-state index in [1.54, 1.807) is 17.5 Å². The van der Waals surface area contributed by atoms with Crippen LogP contribution in [0.15, 0.2) is 29.8 Å². The predicted octanol–water partition coefficient (Wildman–Crippen LogP) is 2.61. The molecule has 0 aliphatic heterocycles. The molecule has 15 heavy (non-hydrogen) atoms. The van der Waals surface area contributed by atoms with Crippen molar-refractivity contribution in [3.05, 3.63) is 40.3 Å². The third-order valence-corrected chi connectivity index (χ3v) is 2.91. The summed E-state index contributed by atoms with van der Waals surface area (Å²) >= 11 is 1.58. The van der Waals surface area contributed by atoms with Gasteiger partial charge in [-0.05, 0) is 19.1 Å². The average Bonchev–Trinajstić information content (AvgIpc) is 2.73. The Morgan fingerprint density at radius 3 is 3.07 bits per heavy atom. The summed E-state index contributed by atoms with van der Waals surface area (Å²) in [5.41, 5.74) is 7.51. The largest absolute Gasteiger partial charge is 0.486 e. The summed E-state index contributed by atoms with van der Waals surface area (Å²) < 4.78 is 5.63. The number of nitrogens with two attached hydrogens (primary N) is 1. The van der Waals surface area contributed by atoms with E-state index in [9.17, 15) is 0 Å². The Morgan fingerprint density at radius 2 is 2.33 bits per heavy atom. The normalized spacial score (nSPS) is 10.2. The van der Waals surface area contributed by atoms with Gasteiger partial charge in [-0.25, -0.2) is 4.98 Å². The Bertz CT molecular complexity index is 440. The number of ether oxygens (including phenoxy) is 1. The fourth-order valence-electron chi connectivity index (χ4n) is 1.25. The fraction of sp³-hybridized carbons (Fsp3) is 0.182. The first-order valence-electron chi connectivity index (χ1n) is 4.63. The van der Waals surface area contributed by atoms with Crippen molar-refractivity contribution < 1.29 is 4.74 Å². The zero-order valence-electron chi connectivity index (χ0n) is 8.43. The van der Waals surface area contributed by atoms with Crippen LogP contribution < -0.4 is 10.5 Å². The second-order valence-electron chi connectivity index (χ2n) is 3.18. The van der Waals surface area contributed by atoms with Crippen LogP contribution >= 0.6 is 11.3 Å². The Kier molecular flexibility index (Phi) is 2.87. The molecule has 2 rings (SSSR count). The lowest BCUT2D eigenvalue weighted by Crippen LogP contribution is -1.98. The zero-order chi connectivity index (χ0) is 10.7. The molecule has 0 saturated carbocycles. The third kappa shape index (κ3) is 2.27. The Labute approximate surface area is 92.5 Å². The van der Waals surface area contributed by atoms with Crippen LogP contribution in [0.1, 0.15) is 10.6 Å². The molecule has 0 bridgehead atoms. The van der Waals surface area contributed by atoms with Crippen molar-refractivity contribution in [3.63, 3.8) is 0 Å². The minimum atomic E-state index is 0.502. The molecule has 0 amide bonds. The van der Waals surface area contributed by atoms with E-state index < -0.39 is 0 Å². The summed E-state index contributed by atoms with van der Waals surface area (Å²) in [5.74, 6) is 0.824. The van der Waals surface area contributed by atoms with Gasteiger partial charge in [0.2, 0.25) is 0 Å². The number of rotatable bonds is 3. The van der Waals surface area contributed by atoms with Crippen LogP contribution in [-0.2, 0) is 6.61 Å². The lowest BCUT2D eigenvalue weighted by atomic mass is 10.2. The van der Waals surface area contributed by atoms with Gasteiger partial charge in [-0.2, -0.15) is 0 Å². The number of thiazole rings is 1. The summed E-state index contributed by atoms with van der Waals surface area (Å²) in [6.07, 6.45) is 1.77. The van der Waals surface area contributed by atoms with Crippen molar-refractivity contribution in [3.8, 4) is 5.75 Å². The second-order valence-corrected chi connectivity index (χ2v) is 4.16. The van der Waals surface area contributed by atoms with Crippen LogP contribution in [0, 0.1) is 6.92 Å². The lowest BCUT2D eigenvalue weighted by Gasteiger charge is -2.08. The average molecular weight is 220 g/mol. The SMILES string of the molecule is Cc1c(N)cccc1OCc1nccs1. The molecule has 0 atom stereocenters. The first-order valence-corrected chi connectivity index (χ1v) is 5.51. The van der Waals surface area contributed by atoms with Gasteiger partial charge in [-0.3, -0.25) is 0 Å². The highest BCUT2D eigenvalue weighted by atomic mass is 32.1. The van der Waals surface area contributed by atoms with Crippen LogP contribution in [0.2, 0.25) is 0 Å². The Hall–Kier alpha value is -1.55. The summed E-state index contributed by atoms with van der Waals surface area (Å²) in [5, 5.41) is 2.90. The quantitative estimate of drug-likeness (QED) is 0.809. The van der Waals surface area contributed by atoms with Crippen molar-refractivity contribution in [2.75, 3.05) is 5.73 Å². The number of hydrogen-bond acceptors (Lipinski definition) is 4. The topological polar surface area (TPSA) is 48.1 Å². The molecule has 1 aromatic heterocycles. The Balaban J connectivity index is 2.08. The first kappa shape index (κ1) is 9.98. The van der Waals surface area contributed by atoms with Crippen molar-refractivity contribution in [2.45, 2.75) is 13.5 Å². The van der Waals surface area contributed by atoms with Crippen LogP contribution in [-0.4, -0.2) is 4.98 Å². The predicted molar refractivity (Wildman–Crippen MR) is 62.0 cm³/mol. The first-order chi connectivity index (χ1) is 7.27. The van der Waals surface area contributed by atoms with E-state index in [2.05, 4.69) is 4.98 Å². The molecule has 0 aliphatic carbocycles. The molecule has 0 fully saturated rings. The maximum atomic E-state index is 5.78. The number of benzene rings is 1. The lowest BCUT2D eigenvalue weighted by molar-refractivity contribution is 0.303. The molecule has 2 aromatic rings. The molecule has 78 valence electrons. The van der Waals surface area contributed by atoms with Gasteiger partial charge >= 0.3 is 0 Å². The monoisotopic (exact) mass is 220 g/mol. The van der Waals surface area contributed by atoms with Gasteiger partial charge in [0.25, 0.3) is 0 Å². The maximum absolute atomic E-state index is 5.78.